The van der Waals surface area contributed by atoms with Crippen molar-refractivity contribution in [1.29, 1.82) is 0 Å². The Hall–Kier alpha value is -1.40. The van der Waals surface area contributed by atoms with Crippen LogP contribution in [0.15, 0.2) is 11.4 Å². The second-order valence-electron chi connectivity index (χ2n) is 9.92. The molecule has 4 aliphatic carbocycles. The lowest BCUT2D eigenvalue weighted by molar-refractivity contribution is -0.131. The SMILES string of the molecule is O=C(NC12CC3CC(CC(C3)C1)C2)C1CCCN(c2nc(Cl)nc3ccsc23)C1. The highest BCUT2D eigenvalue weighted by atomic mass is 35.5. The summed E-state index contributed by atoms with van der Waals surface area (Å²) >= 11 is 7.82. The van der Waals surface area contributed by atoms with E-state index in [4.69, 9.17) is 11.6 Å². The monoisotopic (exact) mass is 430 g/mol. The highest BCUT2D eigenvalue weighted by Gasteiger charge is 2.52. The molecule has 7 heteroatoms. The summed E-state index contributed by atoms with van der Waals surface area (Å²) in [4.78, 5) is 24.5. The average Bonchev–Trinajstić information content (AvgIpc) is 3.14. The minimum atomic E-state index is 0.0282. The summed E-state index contributed by atoms with van der Waals surface area (Å²) in [7, 11) is 0. The summed E-state index contributed by atoms with van der Waals surface area (Å²) in [5.74, 6) is 3.72. The maximum Gasteiger partial charge on any atom is 0.225 e. The van der Waals surface area contributed by atoms with Crippen LogP contribution in [0.2, 0.25) is 5.28 Å². The van der Waals surface area contributed by atoms with E-state index in [1.54, 1.807) is 11.3 Å². The Bertz CT molecular complexity index is 924. The topological polar surface area (TPSA) is 58.1 Å². The van der Waals surface area contributed by atoms with E-state index in [1.807, 2.05) is 11.4 Å². The second-order valence-corrected chi connectivity index (χ2v) is 11.2. The first-order chi connectivity index (χ1) is 14.1. The van der Waals surface area contributed by atoms with Gasteiger partial charge in [-0.2, -0.15) is 4.98 Å². The maximum atomic E-state index is 13.3. The third kappa shape index (κ3) is 3.23. The van der Waals surface area contributed by atoms with Crippen molar-refractivity contribution < 1.29 is 4.79 Å². The number of aromatic nitrogens is 2. The van der Waals surface area contributed by atoms with E-state index in [2.05, 4.69) is 20.2 Å². The molecule has 4 bridgehead atoms. The first-order valence-electron chi connectivity index (χ1n) is 11.0. The lowest BCUT2D eigenvalue weighted by Gasteiger charge is -2.57. The van der Waals surface area contributed by atoms with Gasteiger partial charge in [0.25, 0.3) is 0 Å². The highest BCUT2D eigenvalue weighted by molar-refractivity contribution is 7.17. The molecule has 3 heterocycles. The van der Waals surface area contributed by atoms with E-state index >= 15 is 0 Å². The lowest BCUT2D eigenvalue weighted by Crippen LogP contribution is -2.61. The van der Waals surface area contributed by atoms with Crippen molar-refractivity contribution >= 4 is 44.9 Å². The molecule has 29 heavy (non-hydrogen) atoms. The van der Waals surface area contributed by atoms with E-state index in [0.29, 0.717) is 0 Å². The minimum Gasteiger partial charge on any atom is -0.354 e. The Morgan fingerprint density at radius 1 is 1.17 bits per heavy atom. The van der Waals surface area contributed by atoms with Gasteiger partial charge in [0.15, 0.2) is 5.82 Å². The molecule has 7 rings (SSSR count). The Balaban J connectivity index is 1.20. The fourth-order valence-corrected chi connectivity index (χ4v) is 8.06. The second kappa shape index (κ2) is 6.81. The Morgan fingerprint density at radius 2 is 1.90 bits per heavy atom. The molecule has 1 N–H and O–H groups in total. The quantitative estimate of drug-likeness (QED) is 0.720. The van der Waals surface area contributed by atoms with E-state index < -0.39 is 0 Å². The first kappa shape index (κ1) is 18.4. The number of piperidine rings is 1. The van der Waals surface area contributed by atoms with Crippen molar-refractivity contribution in [1.82, 2.24) is 15.3 Å². The van der Waals surface area contributed by atoms with Crippen LogP contribution in [0.25, 0.3) is 10.2 Å². The number of anilines is 1. The lowest BCUT2D eigenvalue weighted by atomic mass is 9.53. The molecular weight excluding hydrogens is 404 g/mol. The molecule has 0 aromatic carbocycles. The Kier molecular flexibility index (Phi) is 4.31. The molecule has 5 nitrogen and oxygen atoms in total. The van der Waals surface area contributed by atoms with Crippen LogP contribution in [-0.2, 0) is 4.79 Å². The van der Waals surface area contributed by atoms with Crippen LogP contribution in [0.1, 0.15) is 51.4 Å². The number of carbonyl (C=O) groups is 1. The zero-order valence-electron chi connectivity index (χ0n) is 16.6. The van der Waals surface area contributed by atoms with Crippen molar-refractivity contribution in [3.05, 3.63) is 16.7 Å². The minimum absolute atomic E-state index is 0.0282. The van der Waals surface area contributed by atoms with Gasteiger partial charge in [-0.25, -0.2) is 4.98 Å². The van der Waals surface area contributed by atoms with Crippen LogP contribution in [0.3, 0.4) is 0 Å². The van der Waals surface area contributed by atoms with Gasteiger partial charge in [-0.05, 0) is 92.2 Å². The van der Waals surface area contributed by atoms with Crippen LogP contribution < -0.4 is 10.2 Å². The third-order valence-corrected chi connectivity index (χ3v) is 8.85. The Morgan fingerprint density at radius 3 is 2.62 bits per heavy atom. The van der Waals surface area contributed by atoms with E-state index in [1.165, 1.54) is 38.5 Å². The smallest absolute Gasteiger partial charge is 0.225 e. The van der Waals surface area contributed by atoms with Gasteiger partial charge in [0.2, 0.25) is 11.2 Å². The summed E-state index contributed by atoms with van der Waals surface area (Å²) < 4.78 is 1.07. The van der Waals surface area contributed by atoms with Gasteiger partial charge < -0.3 is 10.2 Å². The predicted octanol–water partition coefficient (Wildman–Crippen LogP) is 4.65. The number of hydrogen-bond acceptors (Lipinski definition) is 5. The molecule has 1 aliphatic heterocycles. The van der Waals surface area contributed by atoms with Crippen molar-refractivity contribution in [2.24, 2.45) is 23.7 Å². The summed E-state index contributed by atoms with van der Waals surface area (Å²) in [6.07, 6.45) is 9.79. The normalized spacial score (nSPS) is 36.0. The standard InChI is InChI=1S/C22H27ClN4OS/c23-21-24-17-3-5-29-18(17)19(25-21)27-4-1-2-16(12-27)20(28)26-22-9-13-6-14(10-22)8-15(7-13)11-22/h3,5,13-16H,1-2,4,6-12H2,(H,26,28). The summed E-state index contributed by atoms with van der Waals surface area (Å²) in [6, 6.07) is 1.98. The van der Waals surface area contributed by atoms with E-state index in [0.717, 1.165) is 59.7 Å². The summed E-state index contributed by atoms with van der Waals surface area (Å²) in [6.45, 7) is 1.64. The van der Waals surface area contributed by atoms with Crippen LogP contribution in [0.5, 0.6) is 0 Å². The van der Waals surface area contributed by atoms with E-state index in [9.17, 15) is 4.79 Å². The fourth-order valence-electron chi connectivity index (χ4n) is 7.05. The molecular formula is C22H27ClN4OS. The van der Waals surface area contributed by atoms with Crippen molar-refractivity contribution in [2.75, 3.05) is 18.0 Å². The van der Waals surface area contributed by atoms with Crippen LogP contribution in [-0.4, -0.2) is 34.5 Å². The molecule has 5 aliphatic rings. The number of rotatable bonds is 3. The van der Waals surface area contributed by atoms with Crippen LogP contribution in [0, 0.1) is 23.7 Å². The third-order valence-electron chi connectivity index (χ3n) is 7.78. The number of amides is 1. The molecule has 2 aromatic rings. The zero-order chi connectivity index (χ0) is 19.6. The molecule has 154 valence electrons. The van der Waals surface area contributed by atoms with E-state index in [-0.39, 0.29) is 22.6 Å². The molecule has 0 radical (unpaired) electrons. The molecule has 4 saturated carbocycles. The number of hydrogen-bond donors (Lipinski definition) is 1. The molecule has 2 aromatic heterocycles. The number of halogens is 1. The zero-order valence-corrected chi connectivity index (χ0v) is 18.1. The van der Waals surface area contributed by atoms with Gasteiger partial charge >= 0.3 is 0 Å². The molecule has 1 atom stereocenters. The van der Waals surface area contributed by atoms with Crippen LogP contribution >= 0.6 is 22.9 Å². The highest BCUT2D eigenvalue weighted by Crippen LogP contribution is 2.55. The molecule has 5 fully saturated rings. The number of thiophene rings is 1. The summed E-state index contributed by atoms with van der Waals surface area (Å²) in [5.41, 5.74) is 0.984. The van der Waals surface area contributed by atoms with Gasteiger partial charge in [-0.3, -0.25) is 4.79 Å². The molecule has 1 saturated heterocycles. The van der Waals surface area contributed by atoms with Gasteiger partial charge in [-0.1, -0.05) is 0 Å². The number of nitrogens with one attached hydrogen (secondary N) is 1. The van der Waals surface area contributed by atoms with Gasteiger partial charge in [0.05, 0.1) is 16.1 Å². The van der Waals surface area contributed by atoms with Gasteiger partial charge in [0.1, 0.15) is 0 Å². The van der Waals surface area contributed by atoms with Crippen molar-refractivity contribution in [2.45, 2.75) is 56.9 Å². The molecule has 1 amide bonds. The molecule has 1 unspecified atom stereocenters. The van der Waals surface area contributed by atoms with Crippen LogP contribution in [0.4, 0.5) is 5.82 Å². The van der Waals surface area contributed by atoms with Gasteiger partial charge in [-0.15, -0.1) is 11.3 Å². The van der Waals surface area contributed by atoms with Crippen molar-refractivity contribution in [3.8, 4) is 0 Å². The predicted molar refractivity (Wildman–Crippen MR) is 116 cm³/mol. The Labute approximate surface area is 180 Å². The maximum absolute atomic E-state index is 13.3. The largest absolute Gasteiger partial charge is 0.354 e. The number of carbonyl (C=O) groups excluding carboxylic acids is 1. The number of fused-ring (bicyclic) bond motifs is 1. The number of nitrogens with zero attached hydrogens (tertiary/aromatic N) is 3. The van der Waals surface area contributed by atoms with Crippen molar-refractivity contribution in [3.63, 3.8) is 0 Å². The average molecular weight is 431 g/mol. The summed E-state index contributed by atoms with van der Waals surface area (Å²) in [5, 5.41) is 5.90. The van der Waals surface area contributed by atoms with Gasteiger partial charge in [0, 0.05) is 18.6 Å². The fraction of sp³-hybridized carbons (Fsp3) is 0.682. The molecule has 0 spiro atoms. The first-order valence-corrected chi connectivity index (χ1v) is 12.3.